The number of hydrogen-bond acceptors (Lipinski definition) is 3. The van der Waals surface area contributed by atoms with Crippen LogP contribution in [0.2, 0.25) is 0 Å². The van der Waals surface area contributed by atoms with Crippen LogP contribution in [-0.2, 0) is 0 Å². The Bertz CT molecular complexity index is 373. The highest BCUT2D eigenvalue weighted by Crippen LogP contribution is 2.22. The van der Waals surface area contributed by atoms with E-state index >= 15 is 0 Å². The Morgan fingerprint density at radius 1 is 1.35 bits per heavy atom. The molecule has 1 aromatic heterocycles. The Labute approximate surface area is 102 Å². The third-order valence-corrected chi connectivity index (χ3v) is 3.34. The molecule has 1 saturated heterocycles. The SMILES string of the molecule is CC1CN(C(C)c2cncc(F)c2)CC(C)N1. The summed E-state index contributed by atoms with van der Waals surface area (Å²) in [6, 6.07) is 2.74. The van der Waals surface area contributed by atoms with Gasteiger partial charge in [-0.2, -0.15) is 0 Å². The molecule has 1 aromatic rings. The lowest BCUT2D eigenvalue weighted by atomic mass is 10.0. The maximum absolute atomic E-state index is 13.2. The molecule has 3 unspecified atom stereocenters. The Balaban J connectivity index is 2.11. The van der Waals surface area contributed by atoms with Gasteiger partial charge in [-0.15, -0.1) is 0 Å². The van der Waals surface area contributed by atoms with Gasteiger partial charge in [0.15, 0.2) is 0 Å². The first-order chi connectivity index (χ1) is 8.06. The average Bonchev–Trinajstić information content (AvgIpc) is 2.26. The molecule has 0 aliphatic carbocycles. The highest BCUT2D eigenvalue weighted by Gasteiger charge is 2.25. The van der Waals surface area contributed by atoms with Crippen LogP contribution in [0.1, 0.15) is 32.4 Å². The van der Waals surface area contributed by atoms with Crippen LogP contribution in [0.3, 0.4) is 0 Å². The lowest BCUT2D eigenvalue weighted by Crippen LogP contribution is -2.54. The maximum atomic E-state index is 13.2. The minimum atomic E-state index is -0.259. The van der Waals surface area contributed by atoms with Gasteiger partial charge in [-0.05, 0) is 32.4 Å². The molecule has 1 aliphatic rings. The van der Waals surface area contributed by atoms with Crippen molar-refractivity contribution in [2.75, 3.05) is 13.1 Å². The smallest absolute Gasteiger partial charge is 0.141 e. The number of hydrogen-bond donors (Lipinski definition) is 1. The minimum absolute atomic E-state index is 0.213. The van der Waals surface area contributed by atoms with Crippen molar-refractivity contribution in [2.45, 2.75) is 38.9 Å². The fourth-order valence-electron chi connectivity index (χ4n) is 2.55. The molecule has 3 atom stereocenters. The van der Waals surface area contributed by atoms with Crippen LogP contribution in [0.25, 0.3) is 0 Å². The molecule has 0 saturated carbocycles. The lowest BCUT2D eigenvalue weighted by Gasteiger charge is -2.39. The Hall–Kier alpha value is -1.00. The molecule has 1 aliphatic heterocycles. The molecule has 0 spiro atoms. The molecule has 2 heterocycles. The zero-order valence-electron chi connectivity index (χ0n) is 10.7. The van der Waals surface area contributed by atoms with E-state index in [0.717, 1.165) is 18.7 Å². The average molecular weight is 237 g/mol. The number of nitrogens with zero attached hydrogens (tertiary/aromatic N) is 2. The normalized spacial score (nSPS) is 28.0. The largest absolute Gasteiger partial charge is 0.309 e. The van der Waals surface area contributed by atoms with Gasteiger partial charge in [0, 0.05) is 37.4 Å². The highest BCUT2D eigenvalue weighted by molar-refractivity contribution is 5.15. The molecule has 0 bridgehead atoms. The Morgan fingerprint density at radius 3 is 2.59 bits per heavy atom. The third-order valence-electron chi connectivity index (χ3n) is 3.34. The zero-order chi connectivity index (χ0) is 12.4. The molecular weight excluding hydrogens is 217 g/mol. The molecule has 3 nitrogen and oxygen atoms in total. The first-order valence-electron chi connectivity index (χ1n) is 6.17. The summed E-state index contributed by atoms with van der Waals surface area (Å²) in [5.74, 6) is -0.259. The summed E-state index contributed by atoms with van der Waals surface area (Å²) < 4.78 is 13.2. The Kier molecular flexibility index (Phi) is 3.74. The second-order valence-corrected chi connectivity index (χ2v) is 5.04. The molecule has 0 aromatic carbocycles. The van der Waals surface area contributed by atoms with Gasteiger partial charge < -0.3 is 5.32 Å². The fourth-order valence-corrected chi connectivity index (χ4v) is 2.55. The lowest BCUT2D eigenvalue weighted by molar-refractivity contribution is 0.131. The van der Waals surface area contributed by atoms with Crippen molar-refractivity contribution >= 4 is 0 Å². The molecule has 0 amide bonds. The van der Waals surface area contributed by atoms with E-state index in [0.29, 0.717) is 12.1 Å². The summed E-state index contributed by atoms with van der Waals surface area (Å²) in [5.41, 5.74) is 0.950. The zero-order valence-corrected chi connectivity index (χ0v) is 10.7. The number of halogens is 1. The molecule has 1 fully saturated rings. The third kappa shape index (κ3) is 3.01. The Morgan fingerprint density at radius 2 is 2.00 bits per heavy atom. The second-order valence-electron chi connectivity index (χ2n) is 5.04. The summed E-state index contributed by atoms with van der Waals surface area (Å²) >= 11 is 0. The number of rotatable bonds is 2. The molecule has 2 rings (SSSR count). The molecule has 17 heavy (non-hydrogen) atoms. The molecule has 4 heteroatoms. The van der Waals surface area contributed by atoms with Crippen molar-refractivity contribution in [1.29, 1.82) is 0 Å². The van der Waals surface area contributed by atoms with Gasteiger partial charge >= 0.3 is 0 Å². The summed E-state index contributed by atoms with van der Waals surface area (Å²) in [7, 11) is 0. The quantitative estimate of drug-likeness (QED) is 0.852. The summed E-state index contributed by atoms with van der Waals surface area (Å²) in [6.45, 7) is 8.45. The topological polar surface area (TPSA) is 28.2 Å². The number of nitrogens with one attached hydrogen (secondary N) is 1. The van der Waals surface area contributed by atoms with E-state index in [9.17, 15) is 4.39 Å². The summed E-state index contributed by atoms with van der Waals surface area (Å²) in [6.07, 6.45) is 3.00. The van der Waals surface area contributed by atoms with E-state index in [1.807, 2.05) is 0 Å². The van der Waals surface area contributed by atoms with Gasteiger partial charge in [-0.1, -0.05) is 0 Å². The van der Waals surface area contributed by atoms with Gasteiger partial charge in [0.2, 0.25) is 0 Å². The van der Waals surface area contributed by atoms with Crippen LogP contribution < -0.4 is 5.32 Å². The van der Waals surface area contributed by atoms with Gasteiger partial charge in [-0.25, -0.2) is 4.39 Å². The first-order valence-corrected chi connectivity index (χ1v) is 6.17. The van der Waals surface area contributed by atoms with Crippen LogP contribution in [0.4, 0.5) is 4.39 Å². The molecule has 1 N–H and O–H groups in total. The van der Waals surface area contributed by atoms with E-state index in [2.05, 4.69) is 36.0 Å². The summed E-state index contributed by atoms with van der Waals surface area (Å²) in [4.78, 5) is 6.30. The highest BCUT2D eigenvalue weighted by atomic mass is 19.1. The van der Waals surface area contributed by atoms with E-state index in [-0.39, 0.29) is 11.9 Å². The number of aromatic nitrogens is 1. The maximum Gasteiger partial charge on any atom is 0.141 e. The number of piperazine rings is 1. The van der Waals surface area contributed by atoms with Crippen LogP contribution in [0.5, 0.6) is 0 Å². The van der Waals surface area contributed by atoms with Crippen molar-refractivity contribution in [1.82, 2.24) is 15.2 Å². The van der Waals surface area contributed by atoms with E-state index in [1.165, 1.54) is 6.20 Å². The minimum Gasteiger partial charge on any atom is -0.309 e. The molecule has 0 radical (unpaired) electrons. The van der Waals surface area contributed by atoms with Crippen LogP contribution in [-0.4, -0.2) is 35.1 Å². The van der Waals surface area contributed by atoms with Crippen molar-refractivity contribution in [3.05, 3.63) is 29.8 Å². The van der Waals surface area contributed by atoms with Crippen LogP contribution >= 0.6 is 0 Å². The fraction of sp³-hybridized carbons (Fsp3) is 0.615. The molecular formula is C13H20FN3. The van der Waals surface area contributed by atoms with Crippen molar-refractivity contribution in [3.8, 4) is 0 Å². The van der Waals surface area contributed by atoms with Gasteiger partial charge in [0.05, 0.1) is 6.20 Å². The first kappa shape index (κ1) is 12.5. The van der Waals surface area contributed by atoms with Crippen molar-refractivity contribution in [3.63, 3.8) is 0 Å². The van der Waals surface area contributed by atoms with Crippen LogP contribution in [0, 0.1) is 5.82 Å². The van der Waals surface area contributed by atoms with Gasteiger partial charge in [0.25, 0.3) is 0 Å². The van der Waals surface area contributed by atoms with Crippen molar-refractivity contribution in [2.24, 2.45) is 0 Å². The second kappa shape index (κ2) is 5.10. The van der Waals surface area contributed by atoms with Gasteiger partial charge in [-0.3, -0.25) is 9.88 Å². The predicted octanol–water partition coefficient (Wildman–Crippen LogP) is 1.96. The van der Waals surface area contributed by atoms with Crippen LogP contribution in [0.15, 0.2) is 18.5 Å². The standard InChI is InChI=1S/C13H20FN3/c1-9-7-17(8-10(2)16-9)11(3)12-4-13(14)6-15-5-12/h4-6,9-11,16H,7-8H2,1-3H3. The van der Waals surface area contributed by atoms with E-state index < -0.39 is 0 Å². The predicted molar refractivity (Wildman–Crippen MR) is 66.2 cm³/mol. The van der Waals surface area contributed by atoms with Gasteiger partial charge in [0.1, 0.15) is 5.82 Å². The van der Waals surface area contributed by atoms with Crippen molar-refractivity contribution < 1.29 is 4.39 Å². The molecule has 94 valence electrons. The number of pyridine rings is 1. The van der Waals surface area contributed by atoms with E-state index in [4.69, 9.17) is 0 Å². The summed E-state index contributed by atoms with van der Waals surface area (Å²) in [5, 5.41) is 3.50. The van der Waals surface area contributed by atoms with E-state index in [1.54, 1.807) is 12.3 Å². The monoisotopic (exact) mass is 237 g/mol.